The summed E-state index contributed by atoms with van der Waals surface area (Å²) in [5, 5.41) is 18.0. The average molecular weight is 186 g/mol. The first kappa shape index (κ1) is 10.2. The van der Waals surface area contributed by atoms with Crippen LogP contribution in [0.1, 0.15) is 32.6 Å². The first-order valence-electron chi connectivity index (χ1n) is 4.46. The van der Waals surface area contributed by atoms with Crippen molar-refractivity contribution in [3.63, 3.8) is 0 Å². The molecule has 0 aromatic carbocycles. The first-order chi connectivity index (χ1) is 6.03. The second-order valence-corrected chi connectivity index (χ2v) is 3.55. The normalized spacial score (nSPS) is 20.8. The van der Waals surface area contributed by atoms with Crippen LogP contribution < -0.4 is 0 Å². The number of carbonyl (C=O) groups excluding carboxylic acids is 1. The third-order valence-electron chi connectivity index (χ3n) is 2.67. The minimum absolute atomic E-state index is 0.0127. The zero-order chi connectivity index (χ0) is 10.1. The molecule has 0 heterocycles. The number of carboxylic acids is 1. The summed E-state index contributed by atoms with van der Waals surface area (Å²) in [6.45, 7) is 1.73. The number of aliphatic hydroxyl groups is 1. The van der Waals surface area contributed by atoms with Crippen LogP contribution in [0.5, 0.6) is 0 Å². The zero-order valence-corrected chi connectivity index (χ0v) is 7.62. The molecule has 4 nitrogen and oxygen atoms in total. The molecule has 74 valence electrons. The van der Waals surface area contributed by atoms with Crippen molar-refractivity contribution in [2.24, 2.45) is 5.41 Å². The number of carboxylic acid groups (broad SMARTS) is 1. The predicted molar refractivity (Wildman–Crippen MR) is 45.2 cm³/mol. The van der Waals surface area contributed by atoms with Crippen molar-refractivity contribution in [2.45, 2.75) is 38.7 Å². The standard InChI is InChI=1S/C9H14O4/c1-2-6(10)9(3-4-9)7(11)5-8(12)13/h7,11H,2-5H2,1H3,(H,12,13)/t7-/m0/s1. The van der Waals surface area contributed by atoms with Crippen molar-refractivity contribution in [2.75, 3.05) is 0 Å². The van der Waals surface area contributed by atoms with Gasteiger partial charge in [0.25, 0.3) is 0 Å². The molecule has 1 atom stereocenters. The summed E-state index contributed by atoms with van der Waals surface area (Å²) >= 11 is 0. The number of aliphatic hydroxyl groups excluding tert-OH is 1. The monoisotopic (exact) mass is 186 g/mol. The molecule has 0 aromatic heterocycles. The number of hydrogen-bond donors (Lipinski definition) is 2. The largest absolute Gasteiger partial charge is 0.481 e. The van der Waals surface area contributed by atoms with Gasteiger partial charge in [-0.25, -0.2) is 0 Å². The van der Waals surface area contributed by atoms with E-state index >= 15 is 0 Å². The van der Waals surface area contributed by atoms with E-state index in [0.717, 1.165) is 0 Å². The fourth-order valence-electron chi connectivity index (χ4n) is 1.65. The maximum Gasteiger partial charge on any atom is 0.306 e. The van der Waals surface area contributed by atoms with Crippen molar-refractivity contribution >= 4 is 11.8 Å². The number of hydrogen-bond acceptors (Lipinski definition) is 3. The van der Waals surface area contributed by atoms with Gasteiger partial charge in [-0.2, -0.15) is 0 Å². The van der Waals surface area contributed by atoms with Gasteiger partial charge in [-0.3, -0.25) is 9.59 Å². The third-order valence-corrected chi connectivity index (χ3v) is 2.67. The molecule has 0 aliphatic heterocycles. The number of rotatable bonds is 5. The van der Waals surface area contributed by atoms with Gasteiger partial charge < -0.3 is 10.2 Å². The van der Waals surface area contributed by atoms with Crippen molar-refractivity contribution in [3.05, 3.63) is 0 Å². The number of aliphatic carboxylic acids is 1. The van der Waals surface area contributed by atoms with Crippen LogP contribution in [0.15, 0.2) is 0 Å². The highest BCUT2D eigenvalue weighted by molar-refractivity contribution is 5.88. The van der Waals surface area contributed by atoms with Crippen LogP contribution in [0, 0.1) is 5.41 Å². The maximum absolute atomic E-state index is 11.4. The summed E-state index contributed by atoms with van der Waals surface area (Å²) in [6.07, 6.45) is 0.308. The molecule has 0 amide bonds. The topological polar surface area (TPSA) is 74.6 Å². The van der Waals surface area contributed by atoms with E-state index in [1.165, 1.54) is 0 Å². The van der Waals surface area contributed by atoms with Gasteiger partial charge >= 0.3 is 5.97 Å². The van der Waals surface area contributed by atoms with Crippen molar-refractivity contribution < 1.29 is 19.8 Å². The third kappa shape index (κ3) is 1.88. The number of Topliss-reactive ketones (excluding diaryl/α,β-unsaturated/α-hetero) is 1. The van der Waals surface area contributed by atoms with E-state index in [-0.39, 0.29) is 12.2 Å². The summed E-state index contributed by atoms with van der Waals surface area (Å²) in [5.41, 5.74) is -0.715. The molecule has 1 aliphatic carbocycles. The van der Waals surface area contributed by atoms with Gasteiger partial charge in [-0.1, -0.05) is 6.92 Å². The summed E-state index contributed by atoms with van der Waals surface area (Å²) in [5.74, 6) is -1.07. The molecule has 0 unspecified atom stereocenters. The highest BCUT2D eigenvalue weighted by atomic mass is 16.4. The van der Waals surface area contributed by atoms with E-state index in [1.807, 2.05) is 0 Å². The Morgan fingerprint density at radius 1 is 1.46 bits per heavy atom. The molecule has 1 aliphatic rings. The van der Waals surface area contributed by atoms with Gasteiger partial charge in [-0.05, 0) is 12.8 Å². The highest BCUT2D eigenvalue weighted by Crippen LogP contribution is 2.51. The van der Waals surface area contributed by atoms with Crippen molar-refractivity contribution in [3.8, 4) is 0 Å². The van der Waals surface area contributed by atoms with Gasteiger partial charge in [0.1, 0.15) is 5.78 Å². The van der Waals surface area contributed by atoms with E-state index in [2.05, 4.69) is 0 Å². The number of carbonyl (C=O) groups is 2. The van der Waals surface area contributed by atoms with Crippen LogP contribution in [0.4, 0.5) is 0 Å². The lowest BCUT2D eigenvalue weighted by Gasteiger charge is -2.18. The van der Waals surface area contributed by atoms with Gasteiger partial charge in [0.15, 0.2) is 0 Å². The molecule has 0 spiro atoms. The highest BCUT2D eigenvalue weighted by Gasteiger charge is 2.54. The lowest BCUT2D eigenvalue weighted by atomic mass is 9.90. The summed E-state index contributed by atoms with van der Waals surface area (Å²) in [7, 11) is 0. The van der Waals surface area contributed by atoms with Crippen LogP contribution in [0.2, 0.25) is 0 Å². The van der Waals surface area contributed by atoms with E-state index in [9.17, 15) is 14.7 Å². The second kappa shape index (κ2) is 3.46. The zero-order valence-electron chi connectivity index (χ0n) is 7.62. The Hall–Kier alpha value is -0.900. The molecule has 13 heavy (non-hydrogen) atoms. The summed E-state index contributed by atoms with van der Waals surface area (Å²) in [4.78, 5) is 21.7. The Balaban J connectivity index is 2.59. The molecule has 0 bridgehead atoms. The fraction of sp³-hybridized carbons (Fsp3) is 0.778. The Kier molecular flexibility index (Phi) is 2.71. The molecule has 2 N–H and O–H groups in total. The lowest BCUT2D eigenvalue weighted by Crippen LogP contribution is -2.31. The Morgan fingerprint density at radius 2 is 2.00 bits per heavy atom. The van der Waals surface area contributed by atoms with Gasteiger partial charge in [0, 0.05) is 6.42 Å². The molecule has 1 saturated carbocycles. The van der Waals surface area contributed by atoms with Crippen LogP contribution in [-0.4, -0.2) is 28.1 Å². The molecule has 0 radical (unpaired) electrons. The minimum atomic E-state index is -1.05. The molecular weight excluding hydrogens is 172 g/mol. The smallest absolute Gasteiger partial charge is 0.306 e. The molecule has 0 aromatic rings. The summed E-state index contributed by atoms with van der Waals surface area (Å²) < 4.78 is 0. The first-order valence-corrected chi connectivity index (χ1v) is 4.46. The average Bonchev–Trinajstić information content (AvgIpc) is 2.82. The van der Waals surface area contributed by atoms with E-state index < -0.39 is 17.5 Å². The Bertz CT molecular complexity index is 230. The van der Waals surface area contributed by atoms with Crippen LogP contribution in [-0.2, 0) is 9.59 Å². The van der Waals surface area contributed by atoms with Gasteiger partial charge in [0.05, 0.1) is 17.9 Å². The fourth-order valence-corrected chi connectivity index (χ4v) is 1.65. The predicted octanol–water partition coefficient (Wildman–Crippen LogP) is 0.581. The molecule has 1 rings (SSSR count). The van der Waals surface area contributed by atoms with Gasteiger partial charge in [0.2, 0.25) is 0 Å². The van der Waals surface area contributed by atoms with Gasteiger partial charge in [-0.15, -0.1) is 0 Å². The minimum Gasteiger partial charge on any atom is -0.481 e. The SMILES string of the molecule is CCC(=O)C1([C@@H](O)CC(=O)O)CC1. The van der Waals surface area contributed by atoms with Crippen LogP contribution in [0.25, 0.3) is 0 Å². The molecule has 1 fully saturated rings. The van der Waals surface area contributed by atoms with E-state index in [0.29, 0.717) is 19.3 Å². The lowest BCUT2D eigenvalue weighted by molar-refractivity contribution is -0.141. The van der Waals surface area contributed by atoms with E-state index in [1.54, 1.807) is 6.92 Å². The van der Waals surface area contributed by atoms with Crippen molar-refractivity contribution in [1.29, 1.82) is 0 Å². The molecular formula is C9H14O4. The number of ketones is 1. The Labute approximate surface area is 76.6 Å². The van der Waals surface area contributed by atoms with Crippen LogP contribution in [0.3, 0.4) is 0 Å². The van der Waals surface area contributed by atoms with E-state index in [4.69, 9.17) is 5.11 Å². The summed E-state index contributed by atoms with van der Waals surface area (Å²) in [6, 6.07) is 0. The second-order valence-electron chi connectivity index (χ2n) is 3.55. The molecule has 0 saturated heterocycles. The van der Waals surface area contributed by atoms with Crippen LogP contribution >= 0.6 is 0 Å². The van der Waals surface area contributed by atoms with Crippen molar-refractivity contribution in [1.82, 2.24) is 0 Å². The molecule has 4 heteroatoms. The quantitative estimate of drug-likeness (QED) is 0.658. The Morgan fingerprint density at radius 3 is 2.31 bits per heavy atom. The maximum atomic E-state index is 11.4.